The summed E-state index contributed by atoms with van der Waals surface area (Å²) < 4.78 is 0. The zero-order valence-corrected chi connectivity index (χ0v) is 14.9. The van der Waals surface area contributed by atoms with Gasteiger partial charge >= 0.3 is 6.03 Å². The zero-order valence-electron chi connectivity index (χ0n) is 14.9. The Kier molecular flexibility index (Phi) is 7.59. The van der Waals surface area contributed by atoms with E-state index in [0.717, 1.165) is 32.7 Å². The van der Waals surface area contributed by atoms with Gasteiger partial charge < -0.3 is 25.1 Å². The third-order valence-corrected chi connectivity index (χ3v) is 4.01. The Morgan fingerprint density at radius 1 is 1.32 bits per heavy atom. The quantitative estimate of drug-likeness (QED) is 0.725. The maximum atomic E-state index is 12.2. The van der Waals surface area contributed by atoms with E-state index in [1.54, 1.807) is 18.7 Å². The summed E-state index contributed by atoms with van der Waals surface area (Å²) in [6.45, 7) is 14.6. The summed E-state index contributed by atoms with van der Waals surface area (Å²) in [5.41, 5.74) is -0.862. The maximum Gasteiger partial charge on any atom is 0.317 e. The minimum Gasteiger partial charge on any atom is -0.389 e. The van der Waals surface area contributed by atoms with Crippen molar-refractivity contribution in [3.8, 4) is 0 Å². The lowest BCUT2D eigenvalue weighted by atomic mass is 10.1. The van der Waals surface area contributed by atoms with Gasteiger partial charge in [-0.1, -0.05) is 6.92 Å². The van der Waals surface area contributed by atoms with E-state index in [1.165, 1.54) is 0 Å². The molecule has 130 valence electrons. The van der Waals surface area contributed by atoms with Crippen LogP contribution >= 0.6 is 0 Å². The largest absolute Gasteiger partial charge is 0.389 e. The van der Waals surface area contributed by atoms with Crippen LogP contribution in [0.2, 0.25) is 0 Å². The van der Waals surface area contributed by atoms with E-state index < -0.39 is 5.60 Å². The highest BCUT2D eigenvalue weighted by Gasteiger charge is 2.22. The molecule has 1 fully saturated rings. The monoisotopic (exact) mass is 314 g/mol. The van der Waals surface area contributed by atoms with Gasteiger partial charge in [-0.05, 0) is 33.7 Å². The van der Waals surface area contributed by atoms with Crippen LogP contribution in [0, 0.1) is 5.92 Å². The van der Waals surface area contributed by atoms with Gasteiger partial charge in [0.05, 0.1) is 12.1 Å². The van der Waals surface area contributed by atoms with Crippen LogP contribution in [0.5, 0.6) is 0 Å². The van der Waals surface area contributed by atoms with Crippen LogP contribution in [-0.2, 0) is 0 Å². The van der Waals surface area contributed by atoms with E-state index in [9.17, 15) is 9.90 Å². The van der Waals surface area contributed by atoms with Crippen LogP contribution < -0.4 is 5.32 Å². The van der Waals surface area contributed by atoms with Gasteiger partial charge in [-0.2, -0.15) is 0 Å². The molecule has 1 aliphatic rings. The van der Waals surface area contributed by atoms with E-state index in [1.807, 2.05) is 6.92 Å². The standard InChI is InChI=1S/C16H34N4O2/c1-6-20(13-16(3,4)22)15(21)17-11-14(2)12-19-9-7-18(5)8-10-19/h14,22H,6-13H2,1-5H3,(H,17,21). The number of rotatable bonds is 7. The lowest BCUT2D eigenvalue weighted by Crippen LogP contribution is -2.49. The fraction of sp³-hybridized carbons (Fsp3) is 0.938. The number of nitrogens with one attached hydrogen (secondary N) is 1. The van der Waals surface area contributed by atoms with Crippen molar-refractivity contribution in [1.82, 2.24) is 20.0 Å². The summed E-state index contributed by atoms with van der Waals surface area (Å²) in [5, 5.41) is 12.8. The van der Waals surface area contributed by atoms with Gasteiger partial charge in [-0.25, -0.2) is 4.79 Å². The molecule has 0 radical (unpaired) electrons. The van der Waals surface area contributed by atoms with Crippen molar-refractivity contribution < 1.29 is 9.90 Å². The first-order chi connectivity index (χ1) is 10.2. The lowest BCUT2D eigenvalue weighted by Gasteiger charge is -2.34. The fourth-order valence-corrected chi connectivity index (χ4v) is 2.70. The Labute approximate surface area is 135 Å². The van der Waals surface area contributed by atoms with E-state index >= 15 is 0 Å². The minimum atomic E-state index is -0.862. The molecule has 0 aromatic rings. The second kappa shape index (κ2) is 8.70. The Morgan fingerprint density at radius 2 is 1.91 bits per heavy atom. The molecule has 1 saturated heterocycles. The maximum absolute atomic E-state index is 12.2. The fourth-order valence-electron chi connectivity index (χ4n) is 2.70. The summed E-state index contributed by atoms with van der Waals surface area (Å²) >= 11 is 0. The summed E-state index contributed by atoms with van der Waals surface area (Å²) in [5.74, 6) is 0.424. The van der Waals surface area contributed by atoms with Gasteiger partial charge in [0.1, 0.15) is 0 Å². The first-order valence-corrected chi connectivity index (χ1v) is 8.37. The molecule has 1 rings (SSSR count). The number of carbonyl (C=O) groups is 1. The molecule has 0 spiro atoms. The third-order valence-electron chi connectivity index (χ3n) is 4.01. The van der Waals surface area contributed by atoms with Crippen LogP contribution in [0.4, 0.5) is 4.79 Å². The number of carbonyl (C=O) groups excluding carboxylic acids is 1. The number of hydrogen-bond acceptors (Lipinski definition) is 4. The number of piperazine rings is 1. The van der Waals surface area contributed by atoms with Crippen molar-refractivity contribution in [3.63, 3.8) is 0 Å². The molecule has 22 heavy (non-hydrogen) atoms. The zero-order chi connectivity index (χ0) is 16.8. The first-order valence-electron chi connectivity index (χ1n) is 8.37. The van der Waals surface area contributed by atoms with Crippen molar-refractivity contribution in [2.24, 2.45) is 5.92 Å². The Bertz CT molecular complexity index is 336. The summed E-state index contributed by atoms with van der Waals surface area (Å²) in [4.78, 5) is 18.6. The minimum absolute atomic E-state index is 0.0881. The molecule has 0 aromatic heterocycles. The van der Waals surface area contributed by atoms with Crippen molar-refractivity contribution in [3.05, 3.63) is 0 Å². The van der Waals surface area contributed by atoms with E-state index in [4.69, 9.17) is 0 Å². The van der Waals surface area contributed by atoms with Gasteiger partial charge in [-0.15, -0.1) is 0 Å². The molecule has 0 aliphatic carbocycles. The average molecular weight is 314 g/mol. The lowest BCUT2D eigenvalue weighted by molar-refractivity contribution is 0.0478. The van der Waals surface area contributed by atoms with Crippen LogP contribution in [0.3, 0.4) is 0 Å². The number of aliphatic hydroxyl groups is 1. The normalized spacial score (nSPS) is 19.0. The molecule has 2 amide bonds. The highest BCUT2D eigenvalue weighted by Crippen LogP contribution is 2.06. The topological polar surface area (TPSA) is 59.1 Å². The summed E-state index contributed by atoms with van der Waals surface area (Å²) in [7, 11) is 2.16. The molecule has 6 heteroatoms. The van der Waals surface area contributed by atoms with E-state index in [-0.39, 0.29) is 6.03 Å². The van der Waals surface area contributed by atoms with Crippen LogP contribution in [0.25, 0.3) is 0 Å². The van der Waals surface area contributed by atoms with Crippen molar-refractivity contribution >= 4 is 6.03 Å². The number of hydrogen-bond donors (Lipinski definition) is 2. The van der Waals surface area contributed by atoms with Gasteiger partial charge in [-0.3, -0.25) is 0 Å². The van der Waals surface area contributed by atoms with Crippen molar-refractivity contribution in [2.75, 3.05) is 59.4 Å². The van der Waals surface area contributed by atoms with Crippen LogP contribution in [-0.4, -0.2) is 90.8 Å². The van der Waals surface area contributed by atoms with Gasteiger partial charge in [0.15, 0.2) is 0 Å². The molecule has 2 N–H and O–H groups in total. The molecular weight excluding hydrogens is 280 g/mol. The van der Waals surface area contributed by atoms with E-state index in [0.29, 0.717) is 25.6 Å². The molecule has 0 aromatic carbocycles. The predicted molar refractivity (Wildman–Crippen MR) is 90.0 cm³/mol. The van der Waals surface area contributed by atoms with Crippen LogP contribution in [0.1, 0.15) is 27.7 Å². The number of nitrogens with zero attached hydrogens (tertiary/aromatic N) is 3. The second-order valence-electron chi connectivity index (χ2n) is 7.22. The molecule has 0 bridgehead atoms. The smallest absolute Gasteiger partial charge is 0.317 e. The van der Waals surface area contributed by atoms with Gasteiger partial charge in [0.25, 0.3) is 0 Å². The first kappa shape index (κ1) is 19.2. The van der Waals surface area contributed by atoms with Gasteiger partial charge in [0, 0.05) is 45.8 Å². The van der Waals surface area contributed by atoms with E-state index in [2.05, 4.69) is 29.1 Å². The molecular formula is C16H34N4O2. The molecule has 1 heterocycles. The SMILES string of the molecule is CCN(CC(C)(C)O)C(=O)NCC(C)CN1CCN(C)CC1. The Hall–Kier alpha value is -0.850. The predicted octanol–water partition coefficient (Wildman–Crippen LogP) is 0.672. The number of urea groups is 1. The Morgan fingerprint density at radius 3 is 2.41 bits per heavy atom. The summed E-state index contributed by atoms with van der Waals surface area (Å²) in [6.07, 6.45) is 0. The van der Waals surface area contributed by atoms with Gasteiger partial charge in [0.2, 0.25) is 0 Å². The highest BCUT2D eigenvalue weighted by atomic mass is 16.3. The Balaban J connectivity index is 2.29. The third kappa shape index (κ3) is 7.42. The number of amides is 2. The molecule has 1 atom stereocenters. The summed E-state index contributed by atoms with van der Waals surface area (Å²) in [6, 6.07) is -0.0881. The van der Waals surface area contributed by atoms with Crippen LogP contribution in [0.15, 0.2) is 0 Å². The molecule has 0 saturated carbocycles. The molecule has 6 nitrogen and oxygen atoms in total. The molecule has 1 aliphatic heterocycles. The van der Waals surface area contributed by atoms with Crippen molar-refractivity contribution in [2.45, 2.75) is 33.3 Å². The average Bonchev–Trinajstić information content (AvgIpc) is 2.43. The number of likely N-dealkylation sites (N-methyl/N-ethyl adjacent to an activating group) is 2. The molecule has 1 unspecified atom stereocenters. The highest BCUT2D eigenvalue weighted by molar-refractivity contribution is 5.74. The second-order valence-corrected chi connectivity index (χ2v) is 7.22. The van der Waals surface area contributed by atoms with Crippen molar-refractivity contribution in [1.29, 1.82) is 0 Å².